The van der Waals surface area contributed by atoms with Gasteiger partial charge in [-0.15, -0.1) is 27.6 Å². The summed E-state index contributed by atoms with van der Waals surface area (Å²) in [4.78, 5) is 44.3. The summed E-state index contributed by atoms with van der Waals surface area (Å²) < 4.78 is 0. The first kappa shape index (κ1) is 27.8. The Labute approximate surface area is 232 Å². The second-order valence-electron chi connectivity index (χ2n) is 8.64. The number of nitrogens with zero attached hydrogens (tertiary/aromatic N) is 4. The monoisotopic (exact) mass is 565 g/mol. The zero-order valence-electron chi connectivity index (χ0n) is 20.8. The summed E-state index contributed by atoms with van der Waals surface area (Å²) >= 11 is 2.51. The van der Waals surface area contributed by atoms with E-state index in [2.05, 4.69) is 25.9 Å². The fraction of sp³-hybridized carbons (Fsp3) is 0.231. The van der Waals surface area contributed by atoms with Gasteiger partial charge in [-0.1, -0.05) is 42.5 Å². The minimum absolute atomic E-state index is 0.0560. The van der Waals surface area contributed by atoms with Gasteiger partial charge in [0.2, 0.25) is 11.8 Å². The van der Waals surface area contributed by atoms with E-state index in [1.807, 2.05) is 30.3 Å². The maximum atomic E-state index is 12.5. The van der Waals surface area contributed by atoms with E-state index in [1.54, 1.807) is 35.0 Å². The van der Waals surface area contributed by atoms with Crippen LogP contribution in [0.1, 0.15) is 28.6 Å². The number of nitrogen functional groups attached to an aromatic ring is 1. The van der Waals surface area contributed by atoms with Crippen molar-refractivity contribution in [2.75, 3.05) is 29.5 Å². The van der Waals surface area contributed by atoms with Crippen LogP contribution < -0.4 is 16.4 Å². The minimum Gasteiger partial charge on any atom is -0.386 e. The van der Waals surface area contributed by atoms with Crippen LogP contribution in [0.4, 0.5) is 16.0 Å². The summed E-state index contributed by atoms with van der Waals surface area (Å²) in [5, 5.41) is 24.5. The van der Waals surface area contributed by atoms with Crippen molar-refractivity contribution >= 4 is 50.4 Å². The zero-order valence-corrected chi connectivity index (χ0v) is 22.5. The Bertz CT molecular complexity index is 1390. The lowest BCUT2D eigenvalue weighted by atomic mass is 10.1. The lowest BCUT2D eigenvalue weighted by Crippen LogP contribution is -2.25. The number of aliphatic hydroxyl groups is 1. The number of aliphatic hydroxyl groups excluding tert-OH is 1. The van der Waals surface area contributed by atoms with Gasteiger partial charge >= 0.3 is 0 Å². The van der Waals surface area contributed by atoms with Crippen LogP contribution in [0, 0.1) is 4.91 Å². The summed E-state index contributed by atoms with van der Waals surface area (Å²) in [5.41, 5.74) is 9.03. The van der Waals surface area contributed by atoms with E-state index in [4.69, 9.17) is 5.73 Å². The van der Waals surface area contributed by atoms with Crippen molar-refractivity contribution < 1.29 is 14.7 Å². The molecular weight excluding hydrogens is 538 g/mol. The van der Waals surface area contributed by atoms with Gasteiger partial charge in [-0.25, -0.2) is 9.97 Å². The summed E-state index contributed by atoms with van der Waals surface area (Å²) in [5.74, 6) is -0.500. The minimum atomic E-state index is -0.810. The van der Waals surface area contributed by atoms with Crippen LogP contribution in [0.15, 0.2) is 70.6 Å². The number of hydrogen-bond donors (Lipinski definition) is 4. The van der Waals surface area contributed by atoms with Gasteiger partial charge in [-0.3, -0.25) is 14.6 Å². The molecule has 202 valence electrons. The Kier molecular flexibility index (Phi) is 9.67. The molecule has 4 rings (SSSR count). The van der Waals surface area contributed by atoms with Gasteiger partial charge in [-0.05, 0) is 29.7 Å². The van der Waals surface area contributed by atoms with E-state index in [-0.39, 0.29) is 31.2 Å². The van der Waals surface area contributed by atoms with E-state index in [9.17, 15) is 19.6 Å². The topological polar surface area (TPSA) is 163 Å². The third-order valence-corrected chi connectivity index (χ3v) is 7.16. The predicted molar refractivity (Wildman–Crippen MR) is 152 cm³/mol. The molecule has 0 bridgehead atoms. The standard InChI is InChI=1S/C26H27N7O4S2/c27-25-29-20(15-38-25)12-24(36)31-26-30-21(16-39-26)13-23(35)28-19-8-6-17(7-9-19)10-11-33(32-37)14-22(34)18-4-2-1-3-5-18/h1-9,15-16,22,34H,10-14H2,(H2,27,29)(H,28,35)(H,30,31,36)/t22-/m0/s1. The quantitative estimate of drug-likeness (QED) is 0.140. The summed E-state index contributed by atoms with van der Waals surface area (Å²) in [7, 11) is 0. The fourth-order valence-corrected chi connectivity index (χ4v) is 4.99. The highest BCUT2D eigenvalue weighted by atomic mass is 32.1. The Balaban J connectivity index is 1.20. The van der Waals surface area contributed by atoms with Crippen LogP contribution in [-0.2, 0) is 28.9 Å². The molecule has 0 aliphatic heterocycles. The highest BCUT2D eigenvalue weighted by Gasteiger charge is 2.14. The van der Waals surface area contributed by atoms with Gasteiger partial charge < -0.3 is 21.5 Å². The molecule has 39 heavy (non-hydrogen) atoms. The number of nitrogens with one attached hydrogen (secondary N) is 2. The normalized spacial score (nSPS) is 11.5. The molecule has 2 aromatic carbocycles. The highest BCUT2D eigenvalue weighted by Crippen LogP contribution is 2.19. The van der Waals surface area contributed by atoms with Crippen LogP contribution in [0.3, 0.4) is 0 Å². The molecule has 5 N–H and O–H groups in total. The number of benzene rings is 2. The van der Waals surface area contributed by atoms with Gasteiger partial charge in [0.25, 0.3) is 0 Å². The number of hydrogen-bond acceptors (Lipinski definition) is 10. The van der Waals surface area contributed by atoms with Gasteiger partial charge in [0.15, 0.2) is 10.3 Å². The predicted octanol–water partition coefficient (Wildman–Crippen LogP) is 3.80. The first-order valence-electron chi connectivity index (χ1n) is 12.0. The van der Waals surface area contributed by atoms with Crippen molar-refractivity contribution in [1.82, 2.24) is 15.0 Å². The van der Waals surface area contributed by atoms with Gasteiger partial charge in [0.05, 0.1) is 42.2 Å². The summed E-state index contributed by atoms with van der Waals surface area (Å²) in [6.45, 7) is 0.449. The fourth-order valence-electron chi connectivity index (χ4n) is 3.71. The molecule has 0 fully saturated rings. The number of amides is 2. The Morgan fingerprint density at radius 2 is 1.62 bits per heavy atom. The first-order valence-corrected chi connectivity index (χ1v) is 13.8. The molecule has 2 aromatic heterocycles. The molecular formula is C26H27N7O4S2. The van der Waals surface area contributed by atoms with Gasteiger partial charge in [0.1, 0.15) is 0 Å². The van der Waals surface area contributed by atoms with Crippen molar-refractivity contribution in [3.05, 3.63) is 92.8 Å². The Hall–Kier alpha value is -4.20. The van der Waals surface area contributed by atoms with Crippen molar-refractivity contribution in [3.8, 4) is 0 Å². The third kappa shape index (κ3) is 8.67. The van der Waals surface area contributed by atoms with Gasteiger partial charge in [0, 0.05) is 23.0 Å². The van der Waals surface area contributed by atoms with Crippen LogP contribution in [0.2, 0.25) is 0 Å². The molecule has 0 aliphatic carbocycles. The molecule has 11 nitrogen and oxygen atoms in total. The molecule has 0 unspecified atom stereocenters. The molecule has 13 heteroatoms. The molecule has 0 aliphatic rings. The molecule has 1 atom stereocenters. The lowest BCUT2D eigenvalue weighted by Gasteiger charge is -2.19. The number of rotatable bonds is 13. The lowest BCUT2D eigenvalue weighted by molar-refractivity contribution is -0.116. The number of anilines is 3. The number of carbonyl (C=O) groups is 2. The number of nitrogens with two attached hydrogens (primary N) is 1. The average Bonchev–Trinajstić information content (AvgIpc) is 3.55. The van der Waals surface area contributed by atoms with E-state index in [0.717, 1.165) is 11.1 Å². The molecule has 0 saturated heterocycles. The third-order valence-electron chi connectivity index (χ3n) is 5.63. The summed E-state index contributed by atoms with van der Waals surface area (Å²) in [6, 6.07) is 16.4. The molecule has 4 aromatic rings. The van der Waals surface area contributed by atoms with Crippen molar-refractivity contribution in [2.24, 2.45) is 5.29 Å². The Morgan fingerprint density at radius 3 is 2.28 bits per heavy atom. The zero-order chi connectivity index (χ0) is 27.6. The Morgan fingerprint density at radius 1 is 0.949 bits per heavy atom. The largest absolute Gasteiger partial charge is 0.386 e. The second-order valence-corrected chi connectivity index (χ2v) is 10.4. The van der Waals surface area contributed by atoms with E-state index in [0.29, 0.717) is 40.3 Å². The number of nitroso groups, excluding NO2 is 1. The highest BCUT2D eigenvalue weighted by molar-refractivity contribution is 7.14. The SMILES string of the molecule is Nc1nc(CC(=O)Nc2nc(CC(=O)Nc3ccc(CCN(C[C@H](O)c4ccccc4)N=O)cc3)cs2)cs1. The average molecular weight is 566 g/mol. The van der Waals surface area contributed by atoms with Crippen LogP contribution >= 0.6 is 22.7 Å². The summed E-state index contributed by atoms with van der Waals surface area (Å²) in [6.07, 6.45) is -0.112. The maximum Gasteiger partial charge on any atom is 0.232 e. The first-order chi connectivity index (χ1) is 18.9. The van der Waals surface area contributed by atoms with Crippen molar-refractivity contribution in [3.63, 3.8) is 0 Å². The smallest absolute Gasteiger partial charge is 0.232 e. The molecule has 0 saturated carbocycles. The second kappa shape index (κ2) is 13.6. The molecule has 2 amide bonds. The van der Waals surface area contributed by atoms with Crippen LogP contribution in [0.5, 0.6) is 0 Å². The maximum absolute atomic E-state index is 12.5. The number of aromatic nitrogens is 2. The van der Waals surface area contributed by atoms with E-state index >= 15 is 0 Å². The van der Waals surface area contributed by atoms with Crippen molar-refractivity contribution in [1.29, 1.82) is 0 Å². The number of carbonyl (C=O) groups excluding carboxylic acids is 2. The van der Waals surface area contributed by atoms with Crippen molar-refractivity contribution in [2.45, 2.75) is 25.4 Å². The molecule has 0 radical (unpaired) electrons. The van der Waals surface area contributed by atoms with Crippen LogP contribution in [-0.4, -0.2) is 45.0 Å². The van der Waals surface area contributed by atoms with Gasteiger partial charge in [-0.2, -0.15) is 0 Å². The van der Waals surface area contributed by atoms with E-state index < -0.39 is 6.10 Å². The molecule has 0 spiro atoms. The van der Waals surface area contributed by atoms with Crippen LogP contribution in [0.25, 0.3) is 0 Å². The van der Waals surface area contributed by atoms with E-state index in [1.165, 1.54) is 27.7 Å². The molecule has 2 heterocycles. The number of thiazole rings is 2.